The van der Waals surface area contributed by atoms with Gasteiger partial charge in [-0.3, -0.25) is 14.5 Å². The number of nitrogens with one attached hydrogen (secondary N) is 1. The zero-order valence-electron chi connectivity index (χ0n) is 19.6. The summed E-state index contributed by atoms with van der Waals surface area (Å²) in [6, 6.07) is 10.9. The molecule has 178 valence electrons. The van der Waals surface area contributed by atoms with Crippen molar-refractivity contribution in [3.05, 3.63) is 76.8 Å². The van der Waals surface area contributed by atoms with Gasteiger partial charge in [0.15, 0.2) is 0 Å². The van der Waals surface area contributed by atoms with Gasteiger partial charge < -0.3 is 24.0 Å². The molecular formula is C26H23N3O6. The van der Waals surface area contributed by atoms with Crippen LogP contribution in [0.1, 0.15) is 28.5 Å². The summed E-state index contributed by atoms with van der Waals surface area (Å²) in [7, 11) is 2.94. The van der Waals surface area contributed by atoms with Gasteiger partial charge in [0.05, 0.1) is 42.7 Å². The Morgan fingerprint density at radius 1 is 1.09 bits per heavy atom. The molecule has 1 saturated heterocycles. The summed E-state index contributed by atoms with van der Waals surface area (Å²) in [5.74, 6) is -0.840. The van der Waals surface area contributed by atoms with E-state index in [1.165, 1.54) is 25.4 Å². The monoisotopic (exact) mass is 473 g/mol. The Morgan fingerprint density at radius 3 is 2.54 bits per heavy atom. The lowest BCUT2D eigenvalue weighted by Crippen LogP contribution is -2.30. The number of H-pyrrole nitrogens is 1. The normalized spacial score (nSPS) is 17.4. The molecular weight excluding hydrogens is 450 g/mol. The first-order chi connectivity index (χ1) is 16.8. The summed E-state index contributed by atoms with van der Waals surface area (Å²) < 4.78 is 16.2. The number of nitrogens with zero attached hydrogens (tertiary/aromatic N) is 2. The first kappa shape index (κ1) is 22.3. The van der Waals surface area contributed by atoms with Crippen LogP contribution in [0.3, 0.4) is 0 Å². The lowest BCUT2D eigenvalue weighted by molar-refractivity contribution is -0.132. The van der Waals surface area contributed by atoms with Crippen molar-refractivity contribution in [1.82, 2.24) is 9.97 Å². The number of carbonyl (C=O) groups is 2. The van der Waals surface area contributed by atoms with Crippen LogP contribution in [0.5, 0.6) is 11.5 Å². The quantitative estimate of drug-likeness (QED) is 0.250. The third-order valence-corrected chi connectivity index (χ3v) is 6.23. The fraction of sp³-hybridized carbons (Fsp3) is 0.192. The lowest BCUT2D eigenvalue weighted by Gasteiger charge is -2.21. The molecule has 0 spiro atoms. The fourth-order valence-electron chi connectivity index (χ4n) is 4.28. The van der Waals surface area contributed by atoms with E-state index in [1.54, 1.807) is 30.3 Å². The maximum absolute atomic E-state index is 13.3. The van der Waals surface area contributed by atoms with Crippen LogP contribution in [0.25, 0.3) is 16.8 Å². The van der Waals surface area contributed by atoms with Gasteiger partial charge in [-0.1, -0.05) is 0 Å². The van der Waals surface area contributed by atoms with Gasteiger partial charge in [0.25, 0.3) is 5.78 Å². The number of carbonyl (C=O) groups excluding carboxylic acids is 2. The second kappa shape index (κ2) is 8.35. The van der Waals surface area contributed by atoms with E-state index in [-0.39, 0.29) is 22.8 Å². The van der Waals surface area contributed by atoms with Crippen LogP contribution >= 0.6 is 0 Å². The maximum atomic E-state index is 13.3. The number of aliphatic hydroxyl groups is 1. The minimum Gasteiger partial charge on any atom is -0.507 e. The van der Waals surface area contributed by atoms with Gasteiger partial charge >= 0.3 is 5.91 Å². The van der Waals surface area contributed by atoms with Crippen molar-refractivity contribution in [2.24, 2.45) is 0 Å². The molecule has 1 aliphatic rings. The highest BCUT2D eigenvalue weighted by molar-refractivity contribution is 6.51. The molecule has 0 radical (unpaired) electrons. The van der Waals surface area contributed by atoms with Crippen LogP contribution in [0.2, 0.25) is 0 Å². The van der Waals surface area contributed by atoms with E-state index >= 15 is 0 Å². The molecule has 1 amide bonds. The Kier molecular flexibility index (Phi) is 5.32. The van der Waals surface area contributed by atoms with Crippen LogP contribution in [-0.4, -0.2) is 41.0 Å². The first-order valence-corrected chi connectivity index (χ1v) is 10.9. The predicted octanol–water partition coefficient (Wildman–Crippen LogP) is 4.42. The summed E-state index contributed by atoms with van der Waals surface area (Å²) in [5.41, 5.74) is 3.58. The van der Waals surface area contributed by atoms with Gasteiger partial charge in [-0.05, 0) is 61.4 Å². The molecule has 3 heterocycles. The van der Waals surface area contributed by atoms with Gasteiger partial charge in [0.1, 0.15) is 29.1 Å². The SMILES string of the molecule is COc1ccc(/C(O)=C2\C(=O)C(=O)N(c3nc4cc(C)c(C)cc4[nH]3)C2c2ccco2)c(OC)c1. The first-order valence-electron chi connectivity index (χ1n) is 10.9. The highest BCUT2D eigenvalue weighted by Crippen LogP contribution is 2.43. The molecule has 2 N–H and O–H groups in total. The van der Waals surface area contributed by atoms with Gasteiger partial charge in [0.2, 0.25) is 5.95 Å². The molecule has 1 atom stereocenters. The summed E-state index contributed by atoms with van der Waals surface area (Å²) in [6.45, 7) is 3.95. The van der Waals surface area contributed by atoms with E-state index in [0.29, 0.717) is 17.0 Å². The van der Waals surface area contributed by atoms with Crippen molar-refractivity contribution in [2.75, 3.05) is 19.1 Å². The number of ketones is 1. The van der Waals surface area contributed by atoms with E-state index in [1.807, 2.05) is 26.0 Å². The smallest absolute Gasteiger partial charge is 0.302 e. The topological polar surface area (TPSA) is 118 Å². The molecule has 35 heavy (non-hydrogen) atoms. The van der Waals surface area contributed by atoms with Gasteiger partial charge in [0, 0.05) is 6.07 Å². The molecule has 2 aromatic heterocycles. The minimum absolute atomic E-state index is 0.138. The van der Waals surface area contributed by atoms with Crippen molar-refractivity contribution in [1.29, 1.82) is 0 Å². The maximum Gasteiger partial charge on any atom is 0.302 e. The van der Waals surface area contributed by atoms with Gasteiger partial charge in [-0.25, -0.2) is 4.98 Å². The number of aromatic nitrogens is 2. The highest BCUT2D eigenvalue weighted by Gasteiger charge is 2.49. The average molecular weight is 473 g/mol. The van der Waals surface area contributed by atoms with Crippen LogP contribution < -0.4 is 14.4 Å². The zero-order valence-corrected chi connectivity index (χ0v) is 19.6. The number of benzene rings is 2. The van der Waals surface area contributed by atoms with E-state index in [9.17, 15) is 14.7 Å². The number of anilines is 1. The van der Waals surface area contributed by atoms with Gasteiger partial charge in [-0.15, -0.1) is 0 Å². The zero-order chi connectivity index (χ0) is 24.9. The lowest BCUT2D eigenvalue weighted by atomic mass is 9.98. The second-order valence-electron chi connectivity index (χ2n) is 8.26. The molecule has 1 aliphatic heterocycles. The van der Waals surface area contributed by atoms with Crippen molar-refractivity contribution < 1.29 is 28.6 Å². The molecule has 0 bridgehead atoms. The molecule has 9 nitrogen and oxygen atoms in total. The second-order valence-corrected chi connectivity index (χ2v) is 8.26. The van der Waals surface area contributed by atoms with Crippen molar-refractivity contribution >= 4 is 34.4 Å². The third kappa shape index (κ3) is 3.52. The number of aryl methyl sites for hydroxylation is 2. The largest absolute Gasteiger partial charge is 0.507 e. The Labute approximate surface area is 200 Å². The summed E-state index contributed by atoms with van der Waals surface area (Å²) in [5, 5.41) is 11.3. The molecule has 0 aliphatic carbocycles. The summed E-state index contributed by atoms with van der Waals surface area (Å²) in [4.78, 5) is 35.5. The number of hydrogen-bond acceptors (Lipinski definition) is 7. The Balaban J connectivity index is 1.71. The predicted molar refractivity (Wildman–Crippen MR) is 129 cm³/mol. The summed E-state index contributed by atoms with van der Waals surface area (Å²) in [6.07, 6.45) is 1.44. The van der Waals surface area contributed by atoms with E-state index in [0.717, 1.165) is 16.6 Å². The molecule has 9 heteroatoms. The molecule has 0 saturated carbocycles. The minimum atomic E-state index is -1.04. The van der Waals surface area contributed by atoms with E-state index in [2.05, 4.69) is 9.97 Å². The van der Waals surface area contributed by atoms with Gasteiger partial charge in [-0.2, -0.15) is 0 Å². The standard InChI is InChI=1S/C26H23N3O6/c1-13-10-17-18(11-14(13)2)28-26(27-17)29-22(19-6-5-9-35-19)21(24(31)25(29)32)23(30)16-8-7-15(33-3)12-20(16)34-4/h5-12,22,30H,1-4H3,(H,27,28)/b23-21+. The Bertz CT molecular complexity index is 1460. The number of furan rings is 1. The number of methoxy groups -OCH3 is 2. The van der Waals surface area contributed by atoms with Crippen molar-refractivity contribution in [3.8, 4) is 11.5 Å². The van der Waals surface area contributed by atoms with Crippen molar-refractivity contribution in [3.63, 3.8) is 0 Å². The van der Waals surface area contributed by atoms with Crippen LogP contribution in [0.4, 0.5) is 5.95 Å². The fourth-order valence-corrected chi connectivity index (χ4v) is 4.28. The molecule has 5 rings (SSSR count). The number of imidazole rings is 1. The number of rotatable bonds is 5. The van der Waals surface area contributed by atoms with Crippen LogP contribution in [0, 0.1) is 13.8 Å². The van der Waals surface area contributed by atoms with Crippen LogP contribution in [0.15, 0.2) is 58.7 Å². The molecule has 2 aromatic carbocycles. The Morgan fingerprint density at radius 2 is 1.86 bits per heavy atom. The van der Waals surface area contributed by atoms with Crippen molar-refractivity contribution in [2.45, 2.75) is 19.9 Å². The molecule has 1 fully saturated rings. The number of amides is 1. The number of Topliss-reactive ketones (excluding diaryl/α,β-unsaturated/α-hetero) is 1. The number of hydrogen-bond donors (Lipinski definition) is 2. The average Bonchev–Trinajstić information content (AvgIpc) is 3.57. The number of ether oxygens (including phenoxy) is 2. The Hall–Kier alpha value is -4.53. The van der Waals surface area contributed by atoms with Crippen LogP contribution in [-0.2, 0) is 9.59 Å². The van der Waals surface area contributed by atoms with E-state index < -0.39 is 23.5 Å². The third-order valence-electron chi connectivity index (χ3n) is 6.23. The molecule has 1 unspecified atom stereocenters. The highest BCUT2D eigenvalue weighted by atomic mass is 16.5. The van der Waals surface area contributed by atoms with E-state index in [4.69, 9.17) is 13.9 Å². The number of aliphatic hydroxyl groups excluding tert-OH is 1. The number of aromatic amines is 1. The molecule has 4 aromatic rings. The number of fused-ring (bicyclic) bond motifs is 1. The summed E-state index contributed by atoms with van der Waals surface area (Å²) >= 11 is 0.